The van der Waals surface area contributed by atoms with Crippen LogP contribution in [-0.2, 0) is 6.42 Å². The number of piperidine rings is 1. The molecule has 1 N–H and O–H groups in total. The molecule has 0 bridgehead atoms. The maximum Gasteiger partial charge on any atom is 0.251 e. The third kappa shape index (κ3) is 3.01. The predicted molar refractivity (Wildman–Crippen MR) is 96.1 cm³/mol. The zero-order chi connectivity index (χ0) is 17.4. The van der Waals surface area contributed by atoms with Crippen molar-refractivity contribution in [3.63, 3.8) is 0 Å². The Bertz CT molecular complexity index is 960. The highest BCUT2D eigenvalue weighted by molar-refractivity contribution is 5.51. The first-order chi connectivity index (χ1) is 12.1. The monoisotopic (exact) mass is 338 g/mol. The second-order valence-electron chi connectivity index (χ2n) is 6.60. The van der Waals surface area contributed by atoms with Crippen LogP contribution in [0.1, 0.15) is 42.9 Å². The highest BCUT2D eigenvalue weighted by Gasteiger charge is 2.25. The standard InChI is InChI=1S/C18H22N6O/c1-3-14-9-18(24-16(22-14)6-7-19-24)23-8-4-5-13(11-23)15-10-17(25)21-12(2)20-15/h6-7,9-10,13H,3-5,8,11H2,1-2H3,(H,20,21,25)/t13-/m1/s1. The van der Waals surface area contributed by atoms with Gasteiger partial charge in [0.2, 0.25) is 0 Å². The van der Waals surface area contributed by atoms with E-state index < -0.39 is 0 Å². The molecule has 1 atom stereocenters. The topological polar surface area (TPSA) is 79.2 Å². The lowest BCUT2D eigenvalue weighted by Crippen LogP contribution is -2.36. The van der Waals surface area contributed by atoms with E-state index >= 15 is 0 Å². The van der Waals surface area contributed by atoms with Gasteiger partial charge < -0.3 is 9.88 Å². The molecule has 1 aliphatic rings. The molecule has 0 aromatic carbocycles. The fourth-order valence-electron chi connectivity index (χ4n) is 3.59. The van der Waals surface area contributed by atoms with Gasteiger partial charge in [0.1, 0.15) is 11.6 Å². The van der Waals surface area contributed by atoms with Crippen molar-refractivity contribution in [3.05, 3.63) is 52.0 Å². The number of anilines is 1. The van der Waals surface area contributed by atoms with Gasteiger partial charge in [-0.25, -0.2) is 9.97 Å². The van der Waals surface area contributed by atoms with Crippen LogP contribution >= 0.6 is 0 Å². The average Bonchev–Trinajstić information content (AvgIpc) is 3.08. The molecule has 1 fully saturated rings. The Hall–Kier alpha value is -2.70. The number of hydrogen-bond acceptors (Lipinski definition) is 5. The molecule has 0 unspecified atom stereocenters. The van der Waals surface area contributed by atoms with E-state index in [9.17, 15) is 4.79 Å². The number of nitrogens with one attached hydrogen (secondary N) is 1. The number of aromatic nitrogens is 5. The molecule has 0 aliphatic carbocycles. The van der Waals surface area contributed by atoms with Crippen molar-refractivity contribution in [2.24, 2.45) is 0 Å². The quantitative estimate of drug-likeness (QED) is 0.791. The second kappa shape index (κ2) is 6.31. The van der Waals surface area contributed by atoms with E-state index in [4.69, 9.17) is 0 Å². The highest BCUT2D eigenvalue weighted by Crippen LogP contribution is 2.29. The van der Waals surface area contributed by atoms with Gasteiger partial charge in [-0.15, -0.1) is 0 Å². The number of fused-ring (bicyclic) bond motifs is 1. The van der Waals surface area contributed by atoms with Gasteiger partial charge in [-0.05, 0) is 26.2 Å². The lowest BCUT2D eigenvalue weighted by Gasteiger charge is -2.34. The molecular formula is C18H22N6O. The van der Waals surface area contributed by atoms with E-state index in [2.05, 4.69) is 37.9 Å². The number of nitrogens with zero attached hydrogens (tertiary/aromatic N) is 5. The highest BCUT2D eigenvalue weighted by atomic mass is 16.1. The van der Waals surface area contributed by atoms with Gasteiger partial charge in [-0.2, -0.15) is 9.61 Å². The van der Waals surface area contributed by atoms with Crippen LogP contribution in [0.5, 0.6) is 0 Å². The third-order valence-corrected chi connectivity index (χ3v) is 4.80. The summed E-state index contributed by atoms with van der Waals surface area (Å²) >= 11 is 0. The van der Waals surface area contributed by atoms with E-state index in [-0.39, 0.29) is 11.5 Å². The summed E-state index contributed by atoms with van der Waals surface area (Å²) < 4.78 is 1.90. The van der Waals surface area contributed by atoms with Crippen molar-refractivity contribution in [3.8, 4) is 0 Å². The molecule has 25 heavy (non-hydrogen) atoms. The Labute approximate surface area is 145 Å². The maximum absolute atomic E-state index is 11.8. The molecule has 0 radical (unpaired) electrons. The van der Waals surface area contributed by atoms with Crippen molar-refractivity contribution in [1.82, 2.24) is 24.6 Å². The smallest absolute Gasteiger partial charge is 0.251 e. The first kappa shape index (κ1) is 15.8. The average molecular weight is 338 g/mol. The van der Waals surface area contributed by atoms with E-state index in [1.165, 1.54) is 0 Å². The molecule has 130 valence electrons. The lowest BCUT2D eigenvalue weighted by molar-refractivity contribution is 0.493. The minimum Gasteiger partial charge on any atom is -0.356 e. The van der Waals surface area contributed by atoms with Crippen molar-refractivity contribution >= 4 is 11.5 Å². The van der Waals surface area contributed by atoms with Crippen molar-refractivity contribution in [2.75, 3.05) is 18.0 Å². The summed E-state index contributed by atoms with van der Waals surface area (Å²) in [6.07, 6.45) is 4.78. The zero-order valence-corrected chi connectivity index (χ0v) is 14.6. The Balaban J connectivity index is 1.70. The summed E-state index contributed by atoms with van der Waals surface area (Å²) in [5.74, 6) is 1.99. The van der Waals surface area contributed by atoms with Crippen molar-refractivity contribution in [1.29, 1.82) is 0 Å². The molecular weight excluding hydrogens is 316 g/mol. The predicted octanol–water partition coefficient (Wildman–Crippen LogP) is 2.07. The Morgan fingerprint density at radius 3 is 3.00 bits per heavy atom. The van der Waals surface area contributed by atoms with Crippen LogP contribution in [0.2, 0.25) is 0 Å². The summed E-state index contributed by atoms with van der Waals surface area (Å²) in [5.41, 5.74) is 2.75. The normalized spacial score (nSPS) is 18.0. The second-order valence-corrected chi connectivity index (χ2v) is 6.60. The zero-order valence-electron chi connectivity index (χ0n) is 14.6. The summed E-state index contributed by atoms with van der Waals surface area (Å²) in [6, 6.07) is 5.69. The van der Waals surface area contributed by atoms with Crippen molar-refractivity contribution < 1.29 is 0 Å². The summed E-state index contributed by atoms with van der Waals surface area (Å²) in [5, 5.41) is 4.44. The van der Waals surface area contributed by atoms with Gasteiger partial charge in [-0.1, -0.05) is 6.92 Å². The van der Waals surface area contributed by atoms with E-state index in [0.29, 0.717) is 5.82 Å². The molecule has 0 spiro atoms. The SMILES string of the molecule is CCc1cc(N2CCC[C@@H](c3cc(=O)[nH]c(C)n3)C2)n2nccc2n1. The molecule has 1 saturated heterocycles. The number of aryl methyl sites for hydroxylation is 2. The van der Waals surface area contributed by atoms with Crippen LogP contribution in [0.25, 0.3) is 5.65 Å². The van der Waals surface area contributed by atoms with Crippen LogP contribution in [0.4, 0.5) is 5.82 Å². The van der Waals surface area contributed by atoms with Crippen LogP contribution in [-0.4, -0.2) is 37.7 Å². The van der Waals surface area contributed by atoms with Crippen LogP contribution in [0, 0.1) is 6.92 Å². The van der Waals surface area contributed by atoms with Crippen LogP contribution in [0.15, 0.2) is 29.2 Å². The number of hydrogen-bond donors (Lipinski definition) is 1. The minimum atomic E-state index is -0.0775. The van der Waals surface area contributed by atoms with Gasteiger partial charge >= 0.3 is 0 Å². The molecule has 0 saturated carbocycles. The van der Waals surface area contributed by atoms with Gasteiger partial charge in [0.25, 0.3) is 5.56 Å². The minimum absolute atomic E-state index is 0.0775. The van der Waals surface area contributed by atoms with E-state index in [0.717, 1.165) is 55.2 Å². The molecule has 3 aromatic rings. The number of H-pyrrole nitrogens is 1. The van der Waals surface area contributed by atoms with E-state index in [1.54, 1.807) is 12.3 Å². The fourth-order valence-corrected chi connectivity index (χ4v) is 3.59. The summed E-state index contributed by atoms with van der Waals surface area (Å²) in [6.45, 7) is 5.74. The van der Waals surface area contributed by atoms with Crippen molar-refractivity contribution in [2.45, 2.75) is 39.0 Å². The van der Waals surface area contributed by atoms with Gasteiger partial charge in [-0.3, -0.25) is 4.79 Å². The van der Waals surface area contributed by atoms with Crippen LogP contribution < -0.4 is 10.5 Å². The fraction of sp³-hybridized carbons (Fsp3) is 0.444. The first-order valence-electron chi connectivity index (χ1n) is 8.80. The van der Waals surface area contributed by atoms with Gasteiger partial charge in [0.05, 0.1) is 11.9 Å². The van der Waals surface area contributed by atoms with Gasteiger partial charge in [0.15, 0.2) is 5.65 Å². The molecule has 7 heteroatoms. The molecule has 1 aliphatic heterocycles. The Morgan fingerprint density at radius 2 is 2.20 bits per heavy atom. The van der Waals surface area contributed by atoms with Gasteiger partial charge in [0, 0.05) is 42.9 Å². The summed E-state index contributed by atoms with van der Waals surface area (Å²) in [4.78, 5) is 26.0. The Morgan fingerprint density at radius 1 is 1.32 bits per heavy atom. The maximum atomic E-state index is 11.8. The molecule has 4 heterocycles. The number of aromatic amines is 1. The van der Waals surface area contributed by atoms with Crippen LogP contribution in [0.3, 0.4) is 0 Å². The molecule has 0 amide bonds. The molecule has 4 rings (SSSR count). The number of rotatable bonds is 3. The molecule has 7 nitrogen and oxygen atoms in total. The summed E-state index contributed by atoms with van der Waals surface area (Å²) in [7, 11) is 0. The third-order valence-electron chi connectivity index (χ3n) is 4.80. The lowest BCUT2D eigenvalue weighted by atomic mass is 9.94. The van der Waals surface area contributed by atoms with E-state index in [1.807, 2.05) is 17.5 Å². The first-order valence-corrected chi connectivity index (χ1v) is 8.80. The largest absolute Gasteiger partial charge is 0.356 e. The Kier molecular flexibility index (Phi) is 3.99. The molecule has 3 aromatic heterocycles.